The van der Waals surface area contributed by atoms with Crippen molar-refractivity contribution >= 4 is 0 Å². The zero-order valence-electron chi connectivity index (χ0n) is 78.3. The number of hydrogen-bond acceptors (Lipinski definition) is 0. The Kier molecular flexibility index (Phi) is 60.8. The third-order valence-electron chi connectivity index (χ3n) is 28.1. The van der Waals surface area contributed by atoms with Gasteiger partial charge in [0.1, 0.15) is 0 Å². The van der Waals surface area contributed by atoms with Gasteiger partial charge in [0.15, 0.2) is 0 Å². The van der Waals surface area contributed by atoms with Gasteiger partial charge in [-0.25, -0.2) is 0 Å². The molecule has 0 saturated carbocycles. The molecule has 0 unspecified atom stereocenters. The Morgan fingerprint density at radius 2 is 0.400 bits per heavy atom. The van der Waals surface area contributed by atoms with Crippen molar-refractivity contribution in [3.8, 4) is 0 Å². The normalized spacial score (nSPS) is 17.0. The minimum Gasteiger partial charge on any atom is -0.171 e. The first-order valence-corrected chi connectivity index (χ1v) is 42.6. The maximum atomic E-state index is 13.2. The molecule has 0 fully saturated rings. The molecule has 0 aliphatic rings. The van der Waals surface area contributed by atoms with E-state index in [0.717, 1.165) is 0 Å². The SMILES string of the molecule is CCC(C)(CC)C(F)(F)F.CCC(C)(CC)[C@](C)(CC)C(F)(F)F.CCC(CC)[C@](C)(CC)C(F)(F)F.CCCC(C)(CCC)C(F)(F)F.CCC[C@@](C)(C(CC)CC)C(F)(F)F.CCC[C@](C)(C(F)(F)F)C(C)(CC)CC.CCC[C@](C)(CC)C(F)(F)F.CC[C@@](C)(C(C(C)C)C(C)C)C(F)(F)F.CC[C@@](C)(C(C)C)C(F)(F)F. The third-order valence-corrected chi connectivity index (χ3v) is 28.1. The van der Waals surface area contributed by atoms with E-state index in [1.165, 1.54) is 62.3 Å². The maximum Gasteiger partial charge on any atom is 0.394 e. The Labute approximate surface area is 683 Å². The van der Waals surface area contributed by atoms with E-state index in [4.69, 9.17) is 0 Å². The van der Waals surface area contributed by atoms with E-state index in [9.17, 15) is 119 Å². The van der Waals surface area contributed by atoms with Gasteiger partial charge in [-0.1, -0.05) is 314 Å². The van der Waals surface area contributed by atoms with Crippen LogP contribution in [0.5, 0.6) is 0 Å². The van der Waals surface area contributed by atoms with Crippen molar-refractivity contribution in [2.75, 3.05) is 0 Å². The molecule has 0 rings (SSSR count). The summed E-state index contributed by atoms with van der Waals surface area (Å²) in [5.74, 6) is -1.07. The van der Waals surface area contributed by atoms with Crippen molar-refractivity contribution in [2.45, 2.75) is 472 Å². The lowest BCUT2D eigenvalue weighted by molar-refractivity contribution is -0.261. The lowest BCUT2D eigenvalue weighted by atomic mass is 9.60. The summed E-state index contributed by atoms with van der Waals surface area (Å²) in [5.41, 5.74) is -14.9. The highest BCUT2D eigenvalue weighted by Crippen LogP contribution is 2.60. The molecule has 27 heteroatoms. The molecule has 0 nitrogen and oxygen atoms in total. The van der Waals surface area contributed by atoms with Gasteiger partial charge in [0.25, 0.3) is 0 Å². The van der Waals surface area contributed by atoms with Crippen LogP contribution in [0.4, 0.5) is 119 Å². The lowest BCUT2D eigenvalue weighted by Crippen LogP contribution is -2.48. The van der Waals surface area contributed by atoms with Gasteiger partial charge >= 0.3 is 55.6 Å². The van der Waals surface area contributed by atoms with Crippen LogP contribution in [0.2, 0.25) is 0 Å². The van der Waals surface area contributed by atoms with Crippen LogP contribution in [0.15, 0.2) is 0 Å². The molecule has 0 bridgehead atoms. The highest BCUT2D eigenvalue weighted by atomic mass is 19.4. The van der Waals surface area contributed by atoms with Crippen LogP contribution >= 0.6 is 0 Å². The molecule has 0 aliphatic carbocycles. The predicted octanol–water partition coefficient (Wildman–Crippen LogP) is 39.0. The summed E-state index contributed by atoms with van der Waals surface area (Å²) in [6.45, 7) is 61.0. The van der Waals surface area contributed by atoms with Crippen molar-refractivity contribution in [1.29, 1.82) is 0 Å². The van der Waals surface area contributed by atoms with Gasteiger partial charge in [-0.2, -0.15) is 119 Å². The van der Waals surface area contributed by atoms with E-state index in [1.54, 1.807) is 96.9 Å². The second kappa shape index (κ2) is 53.3. The largest absolute Gasteiger partial charge is 0.394 e. The van der Waals surface area contributed by atoms with E-state index < -0.39 is 115 Å². The minimum atomic E-state index is -4.11. The van der Waals surface area contributed by atoms with E-state index in [0.29, 0.717) is 83.5 Å². The number of halogens is 27. The fourth-order valence-electron chi connectivity index (χ4n) is 15.5. The fraction of sp³-hybridized carbons (Fsp3) is 1.00. The molecule has 708 valence electrons. The van der Waals surface area contributed by atoms with Crippen molar-refractivity contribution in [2.24, 2.45) is 95.1 Å². The van der Waals surface area contributed by atoms with Gasteiger partial charge < -0.3 is 0 Å². The first kappa shape index (κ1) is 131. The number of hydrogen-bond donors (Lipinski definition) is 0. The first-order chi connectivity index (χ1) is 51.0. The lowest BCUT2D eigenvalue weighted by Gasteiger charge is -2.47. The monoisotopic (exact) mass is 1740 g/mol. The Morgan fingerprint density at radius 3 is 0.504 bits per heavy atom. The van der Waals surface area contributed by atoms with Crippen LogP contribution in [0, 0.1) is 95.1 Å². The Hall–Kier alpha value is -1.89. The van der Waals surface area contributed by atoms with Crippen LogP contribution in [-0.4, -0.2) is 55.6 Å². The van der Waals surface area contributed by atoms with E-state index >= 15 is 0 Å². The quantitative estimate of drug-likeness (QED) is 0.0575. The molecule has 0 saturated heterocycles. The average Bonchev–Trinajstić information content (AvgIpc) is 0.766. The van der Waals surface area contributed by atoms with E-state index in [2.05, 4.69) is 0 Å². The molecule has 0 N–H and O–H groups in total. The van der Waals surface area contributed by atoms with Crippen LogP contribution in [0.25, 0.3) is 0 Å². The van der Waals surface area contributed by atoms with Crippen molar-refractivity contribution in [1.82, 2.24) is 0 Å². The molecular weight excluding hydrogens is 1570 g/mol. The molecule has 0 aromatic heterocycles. The fourth-order valence-corrected chi connectivity index (χ4v) is 15.5. The molecular formula is C88H167F27. The van der Waals surface area contributed by atoms with Crippen LogP contribution in [0.1, 0.15) is 417 Å². The molecule has 0 radical (unpaired) electrons. The predicted molar refractivity (Wildman–Crippen MR) is 428 cm³/mol. The van der Waals surface area contributed by atoms with Crippen LogP contribution in [-0.2, 0) is 0 Å². The third kappa shape index (κ3) is 37.6. The van der Waals surface area contributed by atoms with Crippen LogP contribution in [0.3, 0.4) is 0 Å². The summed E-state index contributed by atoms with van der Waals surface area (Å²) in [7, 11) is 0. The maximum absolute atomic E-state index is 13.2. The molecule has 0 amide bonds. The molecule has 115 heavy (non-hydrogen) atoms. The summed E-state index contributed by atoms with van der Waals surface area (Å²) in [5, 5.41) is 0. The van der Waals surface area contributed by atoms with Gasteiger partial charge in [0, 0.05) is 0 Å². The Morgan fingerprint density at radius 1 is 0.183 bits per heavy atom. The molecule has 7 atom stereocenters. The van der Waals surface area contributed by atoms with Gasteiger partial charge in [0.05, 0.1) is 48.7 Å². The van der Waals surface area contributed by atoms with Crippen molar-refractivity contribution in [3.05, 3.63) is 0 Å². The van der Waals surface area contributed by atoms with Gasteiger partial charge in [0.2, 0.25) is 0 Å². The zero-order chi connectivity index (χ0) is 95.1. The number of alkyl halides is 27. The molecule has 0 spiro atoms. The second-order valence-corrected chi connectivity index (χ2v) is 35.5. The first-order valence-electron chi connectivity index (χ1n) is 42.6. The highest BCUT2D eigenvalue weighted by molar-refractivity contribution is 4.98. The molecule has 0 heterocycles. The smallest absolute Gasteiger partial charge is 0.171 e. The summed E-state index contributed by atoms with van der Waals surface area (Å²) in [6, 6.07) is 0. The standard InChI is InChI=1S/2C12H23F3.2C11H21F3.C10H19F3.C9H17F3.2C8H15F3.C7H13F3/c1-7-11(6,12(13,14)15)10(8(2)3)9(4)5;1-6-9-11(5,12(13,14)15)10(4,7-2)8-3;1-6-9(4,7-2)10(5,8-3)11(12,13)14;1-5-8-10(4,11(12,13)14)9(6-2)7-3;1-5-8(6-2)9(4,7-3)10(11,12)13;1-4-6-8(3,7-5-2)9(10,11)12;1-5-7(4,6(2)3)8(9,10)11;1-4-6-7(3,5-2)8(9,10)11;1-4-6(3,5-2)7(8,9)10/h8-10H,7H2,1-6H3;6-9H2,1-5H3;6-8H2,1-5H3;9H,5-8H2,1-4H3;8H,5-7H2,1-4H3;4-7H2,1-3H3;6H,5H2,1-4H3;4-6H2,1-3H3;4-5H2,1-3H3/t2*11-;2*10-;9-;;2*7-;/m00000.00./s1. The van der Waals surface area contributed by atoms with Crippen molar-refractivity contribution < 1.29 is 119 Å². The molecule has 0 aliphatic heterocycles. The number of rotatable bonds is 33. The van der Waals surface area contributed by atoms with E-state index in [1.807, 2.05) is 96.9 Å². The molecule has 0 aromatic carbocycles. The Bertz CT molecular complexity index is 2350. The highest BCUT2D eigenvalue weighted by Gasteiger charge is 2.62. The topological polar surface area (TPSA) is 0 Å². The second-order valence-electron chi connectivity index (χ2n) is 35.5. The summed E-state index contributed by atoms with van der Waals surface area (Å²) in [4.78, 5) is 0. The Balaban J connectivity index is -0.000000157. The summed E-state index contributed by atoms with van der Waals surface area (Å²) in [6.07, 6.45) is -26.8. The average molecular weight is 1740 g/mol. The zero-order valence-corrected chi connectivity index (χ0v) is 78.3. The van der Waals surface area contributed by atoms with Gasteiger partial charge in [-0.15, -0.1) is 0 Å². The molecule has 0 aromatic rings. The van der Waals surface area contributed by atoms with E-state index in [-0.39, 0.29) is 113 Å². The van der Waals surface area contributed by atoms with Gasteiger partial charge in [-0.3, -0.25) is 0 Å². The summed E-state index contributed by atoms with van der Waals surface area (Å²) >= 11 is 0. The van der Waals surface area contributed by atoms with Gasteiger partial charge in [-0.05, 0) is 149 Å². The van der Waals surface area contributed by atoms with Crippen molar-refractivity contribution in [3.63, 3.8) is 0 Å². The summed E-state index contributed by atoms with van der Waals surface area (Å²) < 4.78 is 342. The van der Waals surface area contributed by atoms with Crippen LogP contribution < -0.4 is 0 Å². The minimum absolute atomic E-state index is 0.0524.